The van der Waals surface area contributed by atoms with Gasteiger partial charge in [0.2, 0.25) is 5.91 Å². The van der Waals surface area contributed by atoms with Crippen molar-refractivity contribution in [3.63, 3.8) is 0 Å². The number of hydrogen-bond donors (Lipinski definition) is 0. The van der Waals surface area contributed by atoms with Crippen molar-refractivity contribution in [2.24, 2.45) is 5.92 Å². The Hall–Kier alpha value is -0.570. The van der Waals surface area contributed by atoms with Crippen LogP contribution in [0.4, 0.5) is 0 Å². The number of carbonyl (C=O) groups excluding carboxylic acids is 1. The van der Waals surface area contributed by atoms with Crippen molar-refractivity contribution >= 4 is 5.91 Å². The molecule has 1 fully saturated rings. The van der Waals surface area contributed by atoms with Crippen LogP contribution in [0.5, 0.6) is 0 Å². The number of amides is 1. The van der Waals surface area contributed by atoms with Crippen LogP contribution in [0.1, 0.15) is 40.0 Å². The SMILES string of the molecule is CCCOC1CCCN(C(=O)C(C)C)C1. The molecule has 0 radical (unpaired) electrons. The summed E-state index contributed by atoms with van der Waals surface area (Å²) >= 11 is 0. The first kappa shape index (κ1) is 12.5. The van der Waals surface area contributed by atoms with Crippen LogP contribution < -0.4 is 0 Å². The van der Waals surface area contributed by atoms with Crippen molar-refractivity contribution in [2.45, 2.75) is 46.1 Å². The van der Waals surface area contributed by atoms with E-state index in [0.29, 0.717) is 0 Å². The Labute approximate surface area is 92.8 Å². The Balaban J connectivity index is 2.38. The summed E-state index contributed by atoms with van der Waals surface area (Å²) in [6, 6.07) is 0. The lowest BCUT2D eigenvalue weighted by molar-refractivity contribution is -0.138. The minimum absolute atomic E-state index is 0.106. The van der Waals surface area contributed by atoms with Crippen LogP contribution in [0, 0.1) is 5.92 Å². The Morgan fingerprint density at radius 2 is 2.27 bits per heavy atom. The van der Waals surface area contributed by atoms with Crippen molar-refractivity contribution < 1.29 is 9.53 Å². The van der Waals surface area contributed by atoms with E-state index < -0.39 is 0 Å². The largest absolute Gasteiger partial charge is 0.376 e. The van der Waals surface area contributed by atoms with Gasteiger partial charge in [0.15, 0.2) is 0 Å². The van der Waals surface area contributed by atoms with Crippen molar-refractivity contribution in [3.8, 4) is 0 Å². The minimum atomic E-state index is 0.106. The van der Waals surface area contributed by atoms with Crippen LogP contribution in [0.2, 0.25) is 0 Å². The van der Waals surface area contributed by atoms with E-state index in [-0.39, 0.29) is 17.9 Å². The lowest BCUT2D eigenvalue weighted by Crippen LogP contribution is -2.44. The van der Waals surface area contributed by atoms with Crippen molar-refractivity contribution in [3.05, 3.63) is 0 Å². The van der Waals surface area contributed by atoms with Gasteiger partial charge in [-0.25, -0.2) is 0 Å². The zero-order valence-electron chi connectivity index (χ0n) is 10.2. The van der Waals surface area contributed by atoms with E-state index in [1.54, 1.807) is 0 Å². The molecular weight excluding hydrogens is 190 g/mol. The van der Waals surface area contributed by atoms with Gasteiger partial charge in [0.1, 0.15) is 0 Å². The number of rotatable bonds is 4. The molecule has 1 saturated heterocycles. The fraction of sp³-hybridized carbons (Fsp3) is 0.917. The first-order valence-corrected chi connectivity index (χ1v) is 6.05. The zero-order valence-corrected chi connectivity index (χ0v) is 10.2. The van der Waals surface area contributed by atoms with Gasteiger partial charge >= 0.3 is 0 Å². The maximum Gasteiger partial charge on any atom is 0.225 e. The summed E-state index contributed by atoms with van der Waals surface area (Å²) in [5.74, 6) is 0.370. The van der Waals surface area contributed by atoms with Crippen LogP contribution in [-0.4, -0.2) is 36.6 Å². The van der Waals surface area contributed by atoms with E-state index in [1.807, 2.05) is 18.7 Å². The number of ether oxygens (including phenoxy) is 1. The molecule has 0 spiro atoms. The summed E-state index contributed by atoms with van der Waals surface area (Å²) in [6.07, 6.45) is 3.49. The van der Waals surface area contributed by atoms with Crippen molar-refractivity contribution in [1.29, 1.82) is 0 Å². The maximum absolute atomic E-state index is 11.8. The third kappa shape index (κ3) is 3.82. The molecule has 3 heteroatoms. The molecule has 15 heavy (non-hydrogen) atoms. The lowest BCUT2D eigenvalue weighted by Gasteiger charge is -2.33. The molecule has 1 amide bonds. The van der Waals surface area contributed by atoms with Crippen LogP contribution in [0.15, 0.2) is 0 Å². The summed E-state index contributed by atoms with van der Waals surface area (Å²) in [7, 11) is 0. The fourth-order valence-corrected chi connectivity index (χ4v) is 1.92. The molecule has 1 aliphatic heterocycles. The fourth-order valence-electron chi connectivity index (χ4n) is 1.92. The third-order valence-electron chi connectivity index (χ3n) is 2.74. The molecular formula is C12H23NO2. The van der Waals surface area contributed by atoms with Gasteiger partial charge in [-0.05, 0) is 19.3 Å². The van der Waals surface area contributed by atoms with Gasteiger partial charge in [0, 0.05) is 25.6 Å². The molecule has 0 bridgehead atoms. The summed E-state index contributed by atoms with van der Waals surface area (Å²) in [5.41, 5.74) is 0. The van der Waals surface area contributed by atoms with Gasteiger partial charge in [-0.2, -0.15) is 0 Å². The predicted octanol–water partition coefficient (Wildman–Crippen LogP) is 2.06. The zero-order chi connectivity index (χ0) is 11.3. The Morgan fingerprint density at radius 3 is 2.87 bits per heavy atom. The molecule has 1 aliphatic rings. The molecule has 1 heterocycles. The van der Waals surface area contributed by atoms with Gasteiger partial charge in [0.25, 0.3) is 0 Å². The van der Waals surface area contributed by atoms with Gasteiger partial charge in [-0.15, -0.1) is 0 Å². The highest BCUT2D eigenvalue weighted by molar-refractivity contribution is 5.78. The van der Waals surface area contributed by atoms with E-state index in [1.165, 1.54) is 0 Å². The average Bonchev–Trinajstić information content (AvgIpc) is 2.25. The molecule has 0 N–H and O–H groups in total. The highest BCUT2D eigenvalue weighted by atomic mass is 16.5. The van der Waals surface area contributed by atoms with Gasteiger partial charge < -0.3 is 9.64 Å². The number of hydrogen-bond acceptors (Lipinski definition) is 2. The predicted molar refractivity (Wildman–Crippen MR) is 60.7 cm³/mol. The monoisotopic (exact) mass is 213 g/mol. The van der Waals surface area contributed by atoms with Gasteiger partial charge in [-0.1, -0.05) is 20.8 Å². The number of nitrogens with zero attached hydrogens (tertiary/aromatic N) is 1. The summed E-state index contributed by atoms with van der Waals surface area (Å²) in [6.45, 7) is 8.53. The van der Waals surface area contributed by atoms with E-state index in [4.69, 9.17) is 4.74 Å². The van der Waals surface area contributed by atoms with E-state index in [2.05, 4.69) is 6.92 Å². The summed E-state index contributed by atoms with van der Waals surface area (Å²) in [5, 5.41) is 0. The number of piperidine rings is 1. The standard InChI is InChI=1S/C12H23NO2/c1-4-8-15-11-6-5-7-13(9-11)12(14)10(2)3/h10-11H,4-9H2,1-3H3. The molecule has 0 aromatic carbocycles. The lowest BCUT2D eigenvalue weighted by atomic mass is 10.1. The second-order valence-electron chi connectivity index (χ2n) is 4.57. The smallest absolute Gasteiger partial charge is 0.225 e. The van der Waals surface area contributed by atoms with Crippen LogP contribution in [-0.2, 0) is 9.53 Å². The quantitative estimate of drug-likeness (QED) is 0.715. The van der Waals surface area contributed by atoms with Crippen LogP contribution >= 0.6 is 0 Å². The molecule has 1 atom stereocenters. The van der Waals surface area contributed by atoms with Crippen LogP contribution in [0.3, 0.4) is 0 Å². The summed E-state index contributed by atoms with van der Waals surface area (Å²) in [4.78, 5) is 13.7. The Bertz CT molecular complexity index is 204. The van der Waals surface area contributed by atoms with Crippen molar-refractivity contribution in [2.75, 3.05) is 19.7 Å². The van der Waals surface area contributed by atoms with E-state index >= 15 is 0 Å². The molecule has 0 saturated carbocycles. The summed E-state index contributed by atoms with van der Waals surface area (Å²) < 4.78 is 5.70. The topological polar surface area (TPSA) is 29.5 Å². The second kappa shape index (κ2) is 6.11. The molecule has 1 unspecified atom stereocenters. The first-order valence-electron chi connectivity index (χ1n) is 6.05. The Morgan fingerprint density at radius 1 is 1.53 bits per heavy atom. The minimum Gasteiger partial charge on any atom is -0.376 e. The maximum atomic E-state index is 11.8. The third-order valence-corrected chi connectivity index (χ3v) is 2.74. The number of likely N-dealkylation sites (tertiary alicyclic amines) is 1. The van der Waals surface area contributed by atoms with E-state index in [0.717, 1.165) is 39.0 Å². The molecule has 0 aromatic heterocycles. The van der Waals surface area contributed by atoms with Gasteiger partial charge in [0.05, 0.1) is 6.10 Å². The number of carbonyl (C=O) groups is 1. The molecule has 1 rings (SSSR count). The van der Waals surface area contributed by atoms with Gasteiger partial charge in [-0.3, -0.25) is 4.79 Å². The second-order valence-corrected chi connectivity index (χ2v) is 4.57. The highest BCUT2D eigenvalue weighted by Crippen LogP contribution is 2.15. The molecule has 3 nitrogen and oxygen atoms in total. The Kier molecular flexibility index (Phi) is 5.09. The normalized spacial score (nSPS) is 22.1. The molecule has 88 valence electrons. The van der Waals surface area contributed by atoms with Crippen LogP contribution in [0.25, 0.3) is 0 Å². The molecule has 0 aliphatic carbocycles. The average molecular weight is 213 g/mol. The molecule has 0 aromatic rings. The first-order chi connectivity index (χ1) is 7.15. The van der Waals surface area contributed by atoms with Crippen molar-refractivity contribution in [1.82, 2.24) is 4.90 Å². The van der Waals surface area contributed by atoms with E-state index in [9.17, 15) is 4.79 Å². The highest BCUT2D eigenvalue weighted by Gasteiger charge is 2.25.